The third-order valence-corrected chi connectivity index (χ3v) is 5.07. The Kier molecular flexibility index (Phi) is 6.20. The fraction of sp³-hybridized carbons (Fsp3) is 0.409. The van der Waals surface area contributed by atoms with E-state index in [1.807, 2.05) is 28.9 Å². The lowest BCUT2D eigenvalue weighted by atomic mass is 10.1. The van der Waals surface area contributed by atoms with Crippen molar-refractivity contribution in [1.82, 2.24) is 40.0 Å². The number of H-pyrrole nitrogens is 1. The molecule has 0 atom stereocenters. The average molecular weight is 423 g/mol. The van der Waals surface area contributed by atoms with Gasteiger partial charge >= 0.3 is 0 Å². The minimum atomic E-state index is -0.385. The minimum absolute atomic E-state index is 0.342. The van der Waals surface area contributed by atoms with Gasteiger partial charge < -0.3 is 0 Å². The topological polar surface area (TPSA) is 90.1 Å². The SMILES string of the molecule is CCCCc1nc(CC(C)C)nn1Cc1ccc(-n2c(F)ccc2-c2nn[nH]n2)cc1. The summed E-state index contributed by atoms with van der Waals surface area (Å²) < 4.78 is 17.9. The van der Waals surface area contributed by atoms with Crippen LogP contribution in [0.5, 0.6) is 0 Å². The number of nitrogens with zero attached hydrogens (tertiary/aromatic N) is 7. The molecule has 0 aliphatic heterocycles. The highest BCUT2D eigenvalue weighted by atomic mass is 19.1. The number of aromatic amines is 1. The van der Waals surface area contributed by atoms with Crippen LogP contribution in [-0.2, 0) is 19.4 Å². The fourth-order valence-electron chi connectivity index (χ4n) is 3.57. The highest BCUT2D eigenvalue weighted by Crippen LogP contribution is 2.23. The van der Waals surface area contributed by atoms with Crippen molar-refractivity contribution in [3.63, 3.8) is 0 Å². The Morgan fingerprint density at radius 1 is 1.10 bits per heavy atom. The predicted molar refractivity (Wildman–Crippen MR) is 115 cm³/mol. The zero-order valence-corrected chi connectivity index (χ0v) is 18.1. The van der Waals surface area contributed by atoms with Crippen LogP contribution in [-0.4, -0.2) is 40.0 Å². The van der Waals surface area contributed by atoms with Gasteiger partial charge in [0.1, 0.15) is 5.82 Å². The molecule has 0 bridgehead atoms. The van der Waals surface area contributed by atoms with E-state index in [0.717, 1.165) is 42.9 Å². The number of rotatable bonds is 9. The Balaban J connectivity index is 1.57. The van der Waals surface area contributed by atoms with Crippen molar-refractivity contribution in [3.8, 4) is 17.2 Å². The number of benzene rings is 1. The molecular formula is C22H27FN8. The van der Waals surface area contributed by atoms with Crippen molar-refractivity contribution in [2.45, 2.75) is 53.0 Å². The molecule has 3 aromatic heterocycles. The summed E-state index contributed by atoms with van der Waals surface area (Å²) >= 11 is 0. The Labute approximate surface area is 180 Å². The summed E-state index contributed by atoms with van der Waals surface area (Å²) in [4.78, 5) is 4.77. The smallest absolute Gasteiger partial charge is 0.221 e. The molecule has 0 amide bonds. The molecule has 3 heterocycles. The summed E-state index contributed by atoms with van der Waals surface area (Å²) in [5.41, 5.74) is 2.31. The number of hydrogen-bond acceptors (Lipinski definition) is 5. The molecule has 1 N–H and O–H groups in total. The Hall–Kier alpha value is -3.36. The predicted octanol–water partition coefficient (Wildman–Crippen LogP) is 3.98. The van der Waals surface area contributed by atoms with Gasteiger partial charge in [-0.2, -0.15) is 14.7 Å². The van der Waals surface area contributed by atoms with E-state index in [1.165, 1.54) is 10.6 Å². The van der Waals surface area contributed by atoms with Crippen LogP contribution >= 0.6 is 0 Å². The molecule has 0 saturated carbocycles. The van der Waals surface area contributed by atoms with Crippen LogP contribution in [0.3, 0.4) is 0 Å². The summed E-state index contributed by atoms with van der Waals surface area (Å²) in [5, 5.41) is 18.6. The number of hydrogen-bond donors (Lipinski definition) is 1. The molecule has 31 heavy (non-hydrogen) atoms. The molecule has 0 unspecified atom stereocenters. The number of halogens is 1. The van der Waals surface area contributed by atoms with Crippen molar-refractivity contribution in [3.05, 3.63) is 59.6 Å². The second-order valence-corrected chi connectivity index (χ2v) is 8.08. The Morgan fingerprint density at radius 3 is 2.58 bits per heavy atom. The number of unbranched alkanes of at least 4 members (excludes halogenated alkanes) is 1. The Bertz CT molecular complexity index is 1110. The maximum absolute atomic E-state index is 14.5. The molecule has 8 nitrogen and oxygen atoms in total. The molecule has 0 fully saturated rings. The second kappa shape index (κ2) is 9.20. The third-order valence-electron chi connectivity index (χ3n) is 5.07. The van der Waals surface area contributed by atoms with Gasteiger partial charge in [-0.25, -0.2) is 9.67 Å². The summed E-state index contributed by atoms with van der Waals surface area (Å²) in [6, 6.07) is 10.8. The van der Waals surface area contributed by atoms with Gasteiger partial charge in [0.25, 0.3) is 0 Å². The van der Waals surface area contributed by atoms with Gasteiger partial charge in [0.15, 0.2) is 11.8 Å². The van der Waals surface area contributed by atoms with Gasteiger partial charge in [0.05, 0.1) is 12.2 Å². The lowest BCUT2D eigenvalue weighted by Gasteiger charge is -2.10. The van der Waals surface area contributed by atoms with Crippen LogP contribution in [0, 0.1) is 11.9 Å². The maximum Gasteiger partial charge on any atom is 0.221 e. The first kappa shape index (κ1) is 20.9. The highest BCUT2D eigenvalue weighted by Gasteiger charge is 2.16. The normalized spacial score (nSPS) is 11.5. The lowest BCUT2D eigenvalue weighted by molar-refractivity contribution is 0.561. The molecule has 162 valence electrons. The van der Waals surface area contributed by atoms with Crippen LogP contribution in [0.25, 0.3) is 17.2 Å². The highest BCUT2D eigenvalue weighted by molar-refractivity contribution is 5.55. The number of tetrazole rings is 1. The monoisotopic (exact) mass is 422 g/mol. The van der Waals surface area contributed by atoms with Gasteiger partial charge in [-0.05, 0) is 47.4 Å². The first-order chi connectivity index (χ1) is 15.0. The standard InChI is InChI=1S/C22H27FN8/c1-4-5-6-21-24-20(13-15(2)3)27-30(21)14-16-7-9-17(10-8-16)31-18(11-12-19(31)23)22-25-28-29-26-22/h7-12,15H,4-6,13-14H2,1-3H3,(H,25,26,28,29). The van der Waals surface area contributed by atoms with E-state index in [2.05, 4.69) is 41.4 Å². The van der Waals surface area contributed by atoms with Crippen LogP contribution in [0.4, 0.5) is 4.39 Å². The molecule has 0 aliphatic carbocycles. The molecular weight excluding hydrogens is 395 g/mol. The lowest BCUT2D eigenvalue weighted by Crippen LogP contribution is -2.08. The van der Waals surface area contributed by atoms with E-state index < -0.39 is 0 Å². The molecule has 0 radical (unpaired) electrons. The third kappa shape index (κ3) is 4.70. The number of aromatic nitrogens is 8. The van der Waals surface area contributed by atoms with Gasteiger partial charge in [0.2, 0.25) is 5.82 Å². The van der Waals surface area contributed by atoms with Crippen molar-refractivity contribution in [2.24, 2.45) is 5.92 Å². The summed E-state index contributed by atoms with van der Waals surface area (Å²) in [6.45, 7) is 7.16. The molecule has 0 aliphatic rings. The number of aryl methyl sites for hydroxylation is 1. The van der Waals surface area contributed by atoms with Crippen LogP contribution in [0.15, 0.2) is 36.4 Å². The van der Waals surface area contributed by atoms with Gasteiger partial charge in [-0.3, -0.25) is 4.57 Å². The molecule has 1 aromatic carbocycles. The Morgan fingerprint density at radius 2 is 1.90 bits per heavy atom. The van der Waals surface area contributed by atoms with E-state index in [-0.39, 0.29) is 5.95 Å². The van der Waals surface area contributed by atoms with Crippen molar-refractivity contribution >= 4 is 0 Å². The van der Waals surface area contributed by atoms with Crippen molar-refractivity contribution < 1.29 is 4.39 Å². The summed E-state index contributed by atoms with van der Waals surface area (Å²) in [6.07, 6.45) is 4.00. The van der Waals surface area contributed by atoms with Crippen LogP contribution in [0.1, 0.15) is 50.8 Å². The van der Waals surface area contributed by atoms with Crippen LogP contribution < -0.4 is 0 Å². The summed E-state index contributed by atoms with van der Waals surface area (Å²) in [7, 11) is 0. The zero-order chi connectivity index (χ0) is 21.8. The van der Waals surface area contributed by atoms with Gasteiger partial charge in [-0.1, -0.05) is 39.3 Å². The van der Waals surface area contributed by atoms with E-state index >= 15 is 0 Å². The quantitative estimate of drug-likeness (QED) is 0.441. The van der Waals surface area contributed by atoms with Crippen LogP contribution in [0.2, 0.25) is 0 Å². The van der Waals surface area contributed by atoms with E-state index in [4.69, 9.17) is 10.1 Å². The van der Waals surface area contributed by atoms with Crippen molar-refractivity contribution in [1.29, 1.82) is 0 Å². The molecule has 0 saturated heterocycles. The van der Waals surface area contributed by atoms with E-state index in [9.17, 15) is 4.39 Å². The van der Waals surface area contributed by atoms with E-state index in [0.29, 0.717) is 29.7 Å². The second-order valence-electron chi connectivity index (χ2n) is 8.08. The van der Waals surface area contributed by atoms with Gasteiger partial charge in [0, 0.05) is 18.5 Å². The minimum Gasteiger partial charge on any atom is -0.283 e. The molecule has 4 aromatic rings. The fourth-order valence-corrected chi connectivity index (χ4v) is 3.57. The molecule has 9 heteroatoms. The zero-order valence-electron chi connectivity index (χ0n) is 18.1. The van der Waals surface area contributed by atoms with Gasteiger partial charge in [-0.15, -0.1) is 10.2 Å². The van der Waals surface area contributed by atoms with E-state index in [1.54, 1.807) is 6.07 Å². The first-order valence-electron chi connectivity index (χ1n) is 10.7. The molecule has 0 spiro atoms. The molecule has 4 rings (SSSR count). The van der Waals surface area contributed by atoms with Crippen molar-refractivity contribution in [2.75, 3.05) is 0 Å². The average Bonchev–Trinajstić information content (AvgIpc) is 3.47. The first-order valence-corrected chi connectivity index (χ1v) is 10.7. The maximum atomic E-state index is 14.5. The largest absolute Gasteiger partial charge is 0.283 e. The number of nitrogens with one attached hydrogen (secondary N) is 1. The summed E-state index contributed by atoms with van der Waals surface area (Å²) in [5.74, 6) is 2.39.